The van der Waals surface area contributed by atoms with E-state index in [0.29, 0.717) is 28.0 Å². The maximum Gasteiger partial charge on any atom is 0.242 e. The molecule has 26 heavy (non-hydrogen) atoms. The van der Waals surface area contributed by atoms with Crippen molar-refractivity contribution < 1.29 is 22.3 Å². The zero-order chi connectivity index (χ0) is 18.9. The molecule has 5 nitrogen and oxygen atoms in total. The van der Waals surface area contributed by atoms with Gasteiger partial charge >= 0.3 is 0 Å². The Labute approximate surface area is 164 Å². The van der Waals surface area contributed by atoms with E-state index in [-0.39, 0.29) is 10.7 Å². The van der Waals surface area contributed by atoms with Crippen LogP contribution in [0, 0.1) is 5.82 Å². The van der Waals surface area contributed by atoms with Crippen LogP contribution in [0.4, 0.5) is 4.39 Å². The molecular formula is C17H17BrFNO4S2. The topological polar surface area (TPSA) is 64.6 Å². The lowest BCUT2D eigenvalue weighted by molar-refractivity contribution is 0.353. The molecule has 140 valence electrons. The van der Waals surface area contributed by atoms with Crippen molar-refractivity contribution in [3.05, 3.63) is 46.2 Å². The molecule has 0 radical (unpaired) electrons. The van der Waals surface area contributed by atoms with E-state index >= 15 is 0 Å². The lowest BCUT2D eigenvalue weighted by Crippen LogP contribution is -2.31. The molecule has 1 aliphatic rings. The van der Waals surface area contributed by atoms with Gasteiger partial charge in [0, 0.05) is 21.5 Å². The smallest absolute Gasteiger partial charge is 0.242 e. The van der Waals surface area contributed by atoms with Crippen molar-refractivity contribution in [2.45, 2.75) is 22.3 Å². The Hall–Kier alpha value is -1.29. The number of sulfonamides is 1. The highest BCUT2D eigenvalue weighted by Crippen LogP contribution is 2.39. The maximum atomic E-state index is 13.6. The molecule has 0 unspecified atom stereocenters. The van der Waals surface area contributed by atoms with Crippen molar-refractivity contribution >= 4 is 37.7 Å². The number of nitrogens with one attached hydrogen (secondary N) is 1. The summed E-state index contributed by atoms with van der Waals surface area (Å²) in [4.78, 5) is 0.919. The Morgan fingerprint density at radius 2 is 1.88 bits per heavy atom. The van der Waals surface area contributed by atoms with Crippen molar-refractivity contribution in [2.24, 2.45) is 0 Å². The fourth-order valence-electron chi connectivity index (χ4n) is 2.78. The molecular weight excluding hydrogens is 445 g/mol. The quantitative estimate of drug-likeness (QED) is 0.725. The second-order valence-corrected chi connectivity index (χ2v) is 9.30. The normalized spacial score (nSPS) is 16.8. The van der Waals surface area contributed by atoms with E-state index in [4.69, 9.17) is 9.47 Å². The van der Waals surface area contributed by atoms with Crippen LogP contribution in [0.2, 0.25) is 0 Å². The average Bonchev–Trinajstić information content (AvgIpc) is 2.61. The van der Waals surface area contributed by atoms with Crippen LogP contribution in [0.1, 0.15) is 18.0 Å². The lowest BCUT2D eigenvalue weighted by atomic mass is 10.0. The summed E-state index contributed by atoms with van der Waals surface area (Å²) in [7, 11) is -0.956. The van der Waals surface area contributed by atoms with Gasteiger partial charge in [0.2, 0.25) is 10.0 Å². The predicted octanol–water partition coefficient (Wildman–Crippen LogP) is 4.12. The fraction of sp³-hybridized carbons (Fsp3) is 0.294. The Morgan fingerprint density at radius 3 is 2.58 bits per heavy atom. The molecule has 0 saturated carbocycles. The van der Waals surface area contributed by atoms with Crippen molar-refractivity contribution in [2.75, 3.05) is 20.0 Å². The molecule has 0 fully saturated rings. The van der Waals surface area contributed by atoms with Gasteiger partial charge in [-0.15, -0.1) is 11.8 Å². The Kier molecular flexibility index (Phi) is 5.81. The van der Waals surface area contributed by atoms with E-state index in [0.717, 1.165) is 10.6 Å². The number of fused-ring (bicyclic) bond motifs is 1. The van der Waals surface area contributed by atoms with Crippen LogP contribution >= 0.6 is 27.7 Å². The van der Waals surface area contributed by atoms with Crippen LogP contribution in [0.5, 0.6) is 11.5 Å². The van der Waals surface area contributed by atoms with E-state index in [9.17, 15) is 12.8 Å². The van der Waals surface area contributed by atoms with Gasteiger partial charge in [-0.3, -0.25) is 0 Å². The Morgan fingerprint density at radius 1 is 1.19 bits per heavy atom. The lowest BCUT2D eigenvalue weighted by Gasteiger charge is -2.26. The number of rotatable bonds is 5. The molecule has 2 aromatic rings. The number of benzene rings is 2. The van der Waals surface area contributed by atoms with Gasteiger partial charge in [0.15, 0.2) is 11.5 Å². The van der Waals surface area contributed by atoms with E-state index in [1.165, 1.54) is 38.5 Å². The van der Waals surface area contributed by atoms with E-state index in [1.807, 2.05) is 0 Å². The van der Waals surface area contributed by atoms with Crippen molar-refractivity contribution in [1.82, 2.24) is 4.72 Å². The molecule has 0 aliphatic carbocycles. The summed E-state index contributed by atoms with van der Waals surface area (Å²) in [5, 5.41) is 0. The van der Waals surface area contributed by atoms with Gasteiger partial charge < -0.3 is 9.47 Å². The Balaban J connectivity index is 1.97. The molecule has 1 atom stereocenters. The zero-order valence-corrected chi connectivity index (χ0v) is 17.3. The van der Waals surface area contributed by atoms with Gasteiger partial charge in [-0.2, -0.15) is 0 Å². The minimum atomic E-state index is -3.87. The molecule has 0 saturated heterocycles. The average molecular weight is 462 g/mol. The number of ether oxygens (including phenoxy) is 2. The van der Waals surface area contributed by atoms with Gasteiger partial charge in [-0.05, 0) is 57.9 Å². The molecule has 1 heterocycles. The number of thioether (sulfide) groups is 1. The van der Waals surface area contributed by atoms with Crippen LogP contribution in [0.25, 0.3) is 0 Å². The first-order valence-corrected chi connectivity index (χ1v) is 11.0. The van der Waals surface area contributed by atoms with Gasteiger partial charge in [0.05, 0.1) is 14.2 Å². The third kappa shape index (κ3) is 3.85. The molecule has 0 spiro atoms. The summed E-state index contributed by atoms with van der Waals surface area (Å²) in [5.74, 6) is 1.09. The first kappa shape index (κ1) is 19.5. The molecule has 0 aromatic heterocycles. The molecule has 1 aliphatic heterocycles. The highest BCUT2D eigenvalue weighted by Gasteiger charge is 2.28. The van der Waals surface area contributed by atoms with E-state index in [2.05, 4.69) is 20.7 Å². The van der Waals surface area contributed by atoms with Crippen molar-refractivity contribution in [1.29, 1.82) is 0 Å². The summed E-state index contributed by atoms with van der Waals surface area (Å²) >= 11 is 4.87. The minimum absolute atomic E-state index is 0.0336. The summed E-state index contributed by atoms with van der Waals surface area (Å²) in [6, 6.07) is 6.90. The summed E-state index contributed by atoms with van der Waals surface area (Å²) < 4.78 is 53.0. The highest BCUT2D eigenvalue weighted by atomic mass is 79.9. The first-order valence-electron chi connectivity index (χ1n) is 7.72. The predicted molar refractivity (Wildman–Crippen MR) is 102 cm³/mol. The molecule has 0 amide bonds. The molecule has 3 rings (SSSR count). The second-order valence-electron chi connectivity index (χ2n) is 5.63. The third-order valence-corrected chi connectivity index (χ3v) is 7.59. The van der Waals surface area contributed by atoms with Crippen molar-refractivity contribution in [3.8, 4) is 11.5 Å². The first-order chi connectivity index (χ1) is 12.4. The molecule has 9 heteroatoms. The molecule has 2 aromatic carbocycles. The minimum Gasteiger partial charge on any atom is -0.493 e. The standard InChI is InChI=1S/C17H17BrFNO4S2/c1-23-14-8-12(18)17(9-15(14)24-2)26(21,22)20-13-5-6-25-16-4-3-10(19)7-11(13)16/h3-4,7-9,13,20H,5-6H2,1-2H3/t13-/m0/s1. The molecule has 1 N–H and O–H groups in total. The van der Waals surface area contributed by atoms with Gasteiger partial charge in [0.1, 0.15) is 10.7 Å². The van der Waals surface area contributed by atoms with Crippen LogP contribution in [0.15, 0.2) is 44.6 Å². The highest BCUT2D eigenvalue weighted by molar-refractivity contribution is 9.10. The van der Waals surface area contributed by atoms with Crippen LogP contribution in [-0.4, -0.2) is 28.4 Å². The van der Waals surface area contributed by atoms with Gasteiger partial charge in [0.25, 0.3) is 0 Å². The number of halogens is 2. The summed E-state index contributed by atoms with van der Waals surface area (Å²) in [6.07, 6.45) is 0.575. The number of hydrogen-bond acceptors (Lipinski definition) is 5. The number of methoxy groups -OCH3 is 2. The largest absolute Gasteiger partial charge is 0.493 e. The Bertz CT molecular complexity index is 937. The van der Waals surface area contributed by atoms with Crippen LogP contribution in [0.3, 0.4) is 0 Å². The van der Waals surface area contributed by atoms with Crippen LogP contribution in [-0.2, 0) is 10.0 Å². The van der Waals surface area contributed by atoms with E-state index in [1.54, 1.807) is 17.8 Å². The van der Waals surface area contributed by atoms with Crippen molar-refractivity contribution in [3.63, 3.8) is 0 Å². The fourth-order valence-corrected chi connectivity index (χ4v) is 6.17. The number of hydrogen-bond donors (Lipinski definition) is 1. The SMILES string of the molecule is COc1cc(Br)c(S(=O)(=O)N[C@H]2CCSc3ccc(F)cc32)cc1OC. The summed E-state index contributed by atoms with van der Waals surface area (Å²) in [6.45, 7) is 0. The van der Waals surface area contributed by atoms with E-state index < -0.39 is 16.1 Å². The summed E-state index contributed by atoms with van der Waals surface area (Å²) in [5.41, 5.74) is 0.654. The monoisotopic (exact) mass is 461 g/mol. The van der Waals surface area contributed by atoms with Gasteiger partial charge in [-0.1, -0.05) is 0 Å². The zero-order valence-electron chi connectivity index (χ0n) is 14.1. The van der Waals surface area contributed by atoms with Crippen LogP contribution < -0.4 is 14.2 Å². The molecule has 0 bridgehead atoms. The second kappa shape index (κ2) is 7.75. The van der Waals surface area contributed by atoms with Gasteiger partial charge in [-0.25, -0.2) is 17.5 Å². The third-order valence-electron chi connectivity index (χ3n) is 4.04. The maximum absolute atomic E-state index is 13.6.